The van der Waals surface area contributed by atoms with Crippen molar-refractivity contribution in [1.82, 2.24) is 4.90 Å². The highest BCUT2D eigenvalue weighted by atomic mass is 16.5. The third kappa shape index (κ3) is 5.22. The molecular formula is C23H26N2O4. The lowest BCUT2D eigenvalue weighted by atomic mass is 9.95. The Balaban J connectivity index is 1.49. The van der Waals surface area contributed by atoms with Crippen LogP contribution in [0.4, 0.5) is 5.69 Å². The highest BCUT2D eigenvalue weighted by molar-refractivity contribution is 5.94. The van der Waals surface area contributed by atoms with Gasteiger partial charge in [0.25, 0.3) is 0 Å². The van der Waals surface area contributed by atoms with E-state index in [1.54, 1.807) is 24.3 Å². The van der Waals surface area contributed by atoms with Gasteiger partial charge in [-0.25, -0.2) is 4.79 Å². The van der Waals surface area contributed by atoms with E-state index in [1.165, 1.54) is 7.11 Å². The number of carbonyl (C=O) groups is 3. The zero-order valence-corrected chi connectivity index (χ0v) is 16.8. The maximum absolute atomic E-state index is 12.6. The second kappa shape index (κ2) is 9.37. The van der Waals surface area contributed by atoms with Crippen molar-refractivity contribution in [1.29, 1.82) is 0 Å². The summed E-state index contributed by atoms with van der Waals surface area (Å²) in [7, 11) is 1.33. The molecule has 3 rings (SSSR count). The van der Waals surface area contributed by atoms with Gasteiger partial charge < -0.3 is 15.0 Å². The van der Waals surface area contributed by atoms with Crippen molar-refractivity contribution in [3.63, 3.8) is 0 Å². The first-order valence-electron chi connectivity index (χ1n) is 9.79. The number of ether oxygens (including phenoxy) is 1. The standard InChI is InChI=1S/C23H26N2O4/c1-16-5-3-4-6-19(16)15-21(26)25-13-11-17(12-14-25)22(27)24-20-9-7-18(8-10-20)23(28)29-2/h3-10,17H,11-15H2,1-2H3,(H,24,27). The van der Waals surface area contributed by atoms with E-state index in [1.807, 2.05) is 36.1 Å². The number of aryl methyl sites for hydroxylation is 1. The summed E-state index contributed by atoms with van der Waals surface area (Å²) in [6, 6.07) is 14.5. The lowest BCUT2D eigenvalue weighted by Crippen LogP contribution is -2.42. The smallest absolute Gasteiger partial charge is 0.337 e. The molecule has 2 aromatic rings. The van der Waals surface area contributed by atoms with Crippen molar-refractivity contribution in [3.8, 4) is 0 Å². The van der Waals surface area contributed by atoms with Crippen LogP contribution in [0.3, 0.4) is 0 Å². The van der Waals surface area contributed by atoms with Gasteiger partial charge in [0.05, 0.1) is 19.1 Å². The van der Waals surface area contributed by atoms with Crippen LogP contribution >= 0.6 is 0 Å². The van der Waals surface area contributed by atoms with Crippen LogP contribution < -0.4 is 5.32 Å². The Morgan fingerprint density at radius 1 is 1.03 bits per heavy atom. The molecule has 2 amide bonds. The molecule has 0 spiro atoms. The summed E-state index contributed by atoms with van der Waals surface area (Å²) in [5, 5.41) is 2.89. The fourth-order valence-electron chi connectivity index (χ4n) is 3.53. The molecule has 0 atom stereocenters. The number of anilines is 1. The maximum Gasteiger partial charge on any atom is 0.337 e. The first kappa shape index (κ1) is 20.6. The molecule has 29 heavy (non-hydrogen) atoms. The number of esters is 1. The van der Waals surface area contributed by atoms with Crippen LogP contribution in [0.5, 0.6) is 0 Å². The van der Waals surface area contributed by atoms with Crippen molar-refractivity contribution in [2.45, 2.75) is 26.2 Å². The minimum absolute atomic E-state index is 0.0539. The number of piperidine rings is 1. The van der Waals surface area contributed by atoms with Crippen LogP contribution in [-0.4, -0.2) is 42.9 Å². The molecule has 6 nitrogen and oxygen atoms in total. The second-order valence-electron chi connectivity index (χ2n) is 7.32. The fraction of sp³-hybridized carbons (Fsp3) is 0.348. The molecule has 0 bridgehead atoms. The molecule has 0 aromatic heterocycles. The van der Waals surface area contributed by atoms with Gasteiger partial charge in [-0.3, -0.25) is 9.59 Å². The van der Waals surface area contributed by atoms with E-state index in [4.69, 9.17) is 0 Å². The molecule has 2 aromatic carbocycles. The summed E-state index contributed by atoms with van der Waals surface area (Å²) in [4.78, 5) is 38.5. The van der Waals surface area contributed by atoms with Crippen LogP contribution in [0.15, 0.2) is 48.5 Å². The summed E-state index contributed by atoms with van der Waals surface area (Å²) in [5.74, 6) is -0.484. The van der Waals surface area contributed by atoms with Crippen LogP contribution in [-0.2, 0) is 20.7 Å². The number of hydrogen-bond acceptors (Lipinski definition) is 4. The lowest BCUT2D eigenvalue weighted by Gasteiger charge is -2.31. The molecule has 1 N–H and O–H groups in total. The second-order valence-corrected chi connectivity index (χ2v) is 7.32. The number of methoxy groups -OCH3 is 1. The van der Waals surface area contributed by atoms with Crippen LogP contribution in [0.1, 0.15) is 34.3 Å². The third-order valence-electron chi connectivity index (χ3n) is 5.39. The molecular weight excluding hydrogens is 368 g/mol. The monoisotopic (exact) mass is 394 g/mol. The summed E-state index contributed by atoms with van der Waals surface area (Å²) in [5.41, 5.74) is 3.24. The molecule has 1 fully saturated rings. The number of nitrogens with zero attached hydrogens (tertiary/aromatic N) is 1. The molecule has 0 radical (unpaired) electrons. The van der Waals surface area contributed by atoms with Crippen molar-refractivity contribution < 1.29 is 19.1 Å². The first-order valence-corrected chi connectivity index (χ1v) is 9.79. The van der Waals surface area contributed by atoms with E-state index in [9.17, 15) is 14.4 Å². The number of carbonyl (C=O) groups excluding carboxylic acids is 3. The van der Waals surface area contributed by atoms with E-state index in [-0.39, 0.29) is 17.7 Å². The lowest BCUT2D eigenvalue weighted by molar-refractivity contribution is -0.133. The third-order valence-corrected chi connectivity index (χ3v) is 5.39. The van der Waals surface area contributed by atoms with E-state index in [0.717, 1.165) is 11.1 Å². The molecule has 1 saturated heterocycles. The van der Waals surface area contributed by atoms with E-state index in [2.05, 4.69) is 10.1 Å². The van der Waals surface area contributed by atoms with Crippen LogP contribution in [0.2, 0.25) is 0 Å². The number of benzene rings is 2. The molecule has 0 saturated carbocycles. The SMILES string of the molecule is COC(=O)c1ccc(NC(=O)C2CCN(C(=O)Cc3ccccc3C)CC2)cc1. The van der Waals surface area contributed by atoms with Gasteiger partial charge in [0.1, 0.15) is 0 Å². The number of hydrogen-bond donors (Lipinski definition) is 1. The number of likely N-dealkylation sites (tertiary alicyclic amines) is 1. The van der Waals surface area contributed by atoms with Gasteiger partial charge in [0.2, 0.25) is 11.8 Å². The molecule has 1 aliphatic rings. The highest BCUT2D eigenvalue weighted by Gasteiger charge is 2.27. The predicted octanol–water partition coefficient (Wildman–Crippen LogP) is 3.20. The van der Waals surface area contributed by atoms with Crippen LogP contribution in [0.25, 0.3) is 0 Å². The average molecular weight is 394 g/mol. The summed E-state index contributed by atoms with van der Waals surface area (Å²) in [6.07, 6.45) is 1.69. The zero-order chi connectivity index (χ0) is 20.8. The zero-order valence-electron chi connectivity index (χ0n) is 16.8. The van der Waals surface area contributed by atoms with Gasteiger partial charge in [-0.2, -0.15) is 0 Å². The normalized spacial score (nSPS) is 14.3. The molecule has 152 valence electrons. The Morgan fingerprint density at radius 2 is 1.69 bits per heavy atom. The average Bonchev–Trinajstić information content (AvgIpc) is 2.75. The van der Waals surface area contributed by atoms with Gasteiger partial charge in [-0.05, 0) is 55.2 Å². The molecule has 0 aliphatic carbocycles. The topological polar surface area (TPSA) is 75.7 Å². The summed E-state index contributed by atoms with van der Waals surface area (Å²) in [6.45, 7) is 3.19. The maximum atomic E-state index is 12.6. The fourth-order valence-corrected chi connectivity index (χ4v) is 3.53. The Bertz CT molecular complexity index is 884. The minimum Gasteiger partial charge on any atom is -0.465 e. The highest BCUT2D eigenvalue weighted by Crippen LogP contribution is 2.21. The van der Waals surface area contributed by atoms with Gasteiger partial charge >= 0.3 is 5.97 Å². The molecule has 1 heterocycles. The van der Waals surface area contributed by atoms with Gasteiger partial charge in [-0.1, -0.05) is 24.3 Å². The van der Waals surface area contributed by atoms with Crippen molar-refractivity contribution >= 4 is 23.5 Å². The van der Waals surface area contributed by atoms with Crippen LogP contribution in [0, 0.1) is 12.8 Å². The van der Waals surface area contributed by atoms with E-state index < -0.39 is 5.97 Å². The largest absolute Gasteiger partial charge is 0.465 e. The molecule has 1 aliphatic heterocycles. The predicted molar refractivity (Wildman–Crippen MR) is 111 cm³/mol. The Morgan fingerprint density at radius 3 is 2.31 bits per heavy atom. The Labute approximate surface area is 170 Å². The number of rotatable bonds is 5. The summed E-state index contributed by atoms with van der Waals surface area (Å²) < 4.78 is 4.67. The minimum atomic E-state index is -0.411. The quantitative estimate of drug-likeness (QED) is 0.790. The van der Waals surface area contributed by atoms with Crippen molar-refractivity contribution in [2.24, 2.45) is 5.92 Å². The van der Waals surface area contributed by atoms with Gasteiger partial charge in [0, 0.05) is 24.7 Å². The van der Waals surface area contributed by atoms with Gasteiger partial charge in [0.15, 0.2) is 0 Å². The van der Waals surface area contributed by atoms with Gasteiger partial charge in [-0.15, -0.1) is 0 Å². The first-order chi connectivity index (χ1) is 14.0. The van der Waals surface area contributed by atoms with E-state index >= 15 is 0 Å². The Hall–Kier alpha value is -3.15. The number of amides is 2. The summed E-state index contributed by atoms with van der Waals surface area (Å²) >= 11 is 0. The Kier molecular flexibility index (Phi) is 6.65. The molecule has 6 heteroatoms. The van der Waals surface area contributed by atoms with E-state index in [0.29, 0.717) is 43.6 Å². The van der Waals surface area contributed by atoms with Crippen molar-refractivity contribution in [2.75, 3.05) is 25.5 Å². The number of nitrogens with one attached hydrogen (secondary N) is 1. The molecule has 0 unspecified atom stereocenters. The van der Waals surface area contributed by atoms with Crippen molar-refractivity contribution in [3.05, 3.63) is 65.2 Å².